The van der Waals surface area contributed by atoms with E-state index in [0.29, 0.717) is 13.2 Å². The number of carbonyl (C=O) groups is 1. The van der Waals surface area contributed by atoms with Crippen molar-refractivity contribution in [2.75, 3.05) is 20.3 Å². The second kappa shape index (κ2) is 4.97. The van der Waals surface area contributed by atoms with Crippen LogP contribution in [0.2, 0.25) is 0 Å². The maximum Gasteiger partial charge on any atom is 0.252 e. The maximum atomic E-state index is 12.7. The molecular weight excluding hydrogens is 296 g/mol. The van der Waals surface area contributed by atoms with Crippen LogP contribution in [0, 0.1) is 0 Å². The number of hydrogen-bond donors (Lipinski definition) is 1. The van der Waals surface area contributed by atoms with Gasteiger partial charge in [0.05, 0.1) is 36.3 Å². The van der Waals surface area contributed by atoms with Crippen molar-refractivity contribution in [3.8, 4) is 5.75 Å². The van der Waals surface area contributed by atoms with Gasteiger partial charge in [-0.1, -0.05) is 0 Å². The third kappa shape index (κ3) is 2.29. The number of ether oxygens (including phenoxy) is 2. The Kier molecular flexibility index (Phi) is 3.39. The smallest absolute Gasteiger partial charge is 0.252 e. The average Bonchev–Trinajstić information content (AvgIpc) is 3.09. The van der Waals surface area contributed by atoms with Gasteiger partial charge in [0.15, 0.2) is 0 Å². The van der Waals surface area contributed by atoms with E-state index in [0.717, 1.165) is 6.42 Å². The van der Waals surface area contributed by atoms with Crippen molar-refractivity contribution in [1.82, 2.24) is 4.31 Å². The van der Waals surface area contributed by atoms with Gasteiger partial charge in [-0.2, -0.15) is 4.31 Å². The van der Waals surface area contributed by atoms with Crippen molar-refractivity contribution in [3.05, 3.63) is 23.8 Å². The molecule has 2 aliphatic heterocycles. The minimum atomic E-state index is -3.66. The number of benzene rings is 1. The minimum Gasteiger partial charge on any atom is -0.496 e. The van der Waals surface area contributed by atoms with Crippen molar-refractivity contribution in [1.29, 1.82) is 0 Å². The summed E-state index contributed by atoms with van der Waals surface area (Å²) in [6, 6.07) is 4.01. The Morgan fingerprint density at radius 2 is 2.24 bits per heavy atom. The van der Waals surface area contributed by atoms with Gasteiger partial charge in [0.25, 0.3) is 5.91 Å². The molecule has 2 fully saturated rings. The van der Waals surface area contributed by atoms with Gasteiger partial charge in [0, 0.05) is 6.54 Å². The van der Waals surface area contributed by atoms with E-state index < -0.39 is 15.9 Å². The normalized spacial score (nSPS) is 25.2. The first kappa shape index (κ1) is 14.3. The molecule has 2 heterocycles. The highest BCUT2D eigenvalue weighted by Gasteiger charge is 2.45. The van der Waals surface area contributed by atoms with Crippen molar-refractivity contribution in [2.45, 2.75) is 23.5 Å². The quantitative estimate of drug-likeness (QED) is 0.841. The molecule has 1 aromatic carbocycles. The van der Waals surface area contributed by atoms with Crippen LogP contribution < -0.4 is 10.5 Å². The van der Waals surface area contributed by atoms with Crippen LogP contribution in [0.4, 0.5) is 0 Å². The summed E-state index contributed by atoms with van der Waals surface area (Å²) in [5.41, 5.74) is 5.32. The molecule has 1 amide bonds. The van der Waals surface area contributed by atoms with Gasteiger partial charge in [-0.3, -0.25) is 4.79 Å². The lowest BCUT2D eigenvalue weighted by atomic mass is 10.2. The number of nitrogens with two attached hydrogens (primary N) is 1. The average molecular weight is 312 g/mol. The Morgan fingerprint density at radius 3 is 2.76 bits per heavy atom. The molecule has 0 unspecified atom stereocenters. The molecule has 0 aliphatic carbocycles. The number of fused-ring (bicyclic) bond motifs is 2. The first-order valence-electron chi connectivity index (χ1n) is 6.55. The standard InChI is InChI=1S/C13H16N2O5S/c1-19-12-3-2-10(5-11(12)13(14)16)21(17,18)15-6-9-4-8(15)7-20-9/h2-3,5,8-9H,4,6-7H2,1H3,(H2,14,16)/t8-,9+/m0/s1. The monoisotopic (exact) mass is 312 g/mol. The fourth-order valence-corrected chi connectivity index (χ4v) is 4.51. The summed E-state index contributed by atoms with van der Waals surface area (Å²) in [5.74, 6) is -0.470. The summed E-state index contributed by atoms with van der Waals surface area (Å²) in [4.78, 5) is 11.5. The predicted octanol–water partition coefficient (Wildman–Crippen LogP) is -0.0441. The molecule has 2 N–H and O–H groups in total. The van der Waals surface area contributed by atoms with Crippen LogP contribution in [0.25, 0.3) is 0 Å². The van der Waals surface area contributed by atoms with E-state index in [-0.39, 0.29) is 28.4 Å². The molecule has 0 saturated carbocycles. The van der Waals surface area contributed by atoms with Crippen molar-refractivity contribution < 1.29 is 22.7 Å². The van der Waals surface area contributed by atoms with E-state index in [4.69, 9.17) is 15.2 Å². The molecule has 2 saturated heterocycles. The van der Waals surface area contributed by atoms with Crippen LogP contribution in [0.1, 0.15) is 16.8 Å². The Balaban J connectivity index is 1.99. The number of methoxy groups -OCH3 is 1. The minimum absolute atomic E-state index is 0.0290. The number of sulfonamides is 1. The van der Waals surface area contributed by atoms with E-state index in [1.165, 1.54) is 29.6 Å². The summed E-state index contributed by atoms with van der Waals surface area (Å²) in [6.45, 7) is 0.771. The number of rotatable bonds is 4. The van der Waals surface area contributed by atoms with E-state index >= 15 is 0 Å². The van der Waals surface area contributed by atoms with Gasteiger partial charge in [-0.15, -0.1) is 0 Å². The van der Waals surface area contributed by atoms with Gasteiger partial charge in [0.1, 0.15) is 5.75 Å². The van der Waals surface area contributed by atoms with E-state index in [1.807, 2.05) is 0 Å². The molecule has 0 spiro atoms. The molecule has 2 bridgehead atoms. The SMILES string of the molecule is COc1ccc(S(=O)(=O)N2C[C@H]3C[C@H]2CO3)cc1C(N)=O. The molecule has 21 heavy (non-hydrogen) atoms. The number of carbonyl (C=O) groups excluding carboxylic acids is 1. The number of nitrogens with zero attached hydrogens (tertiary/aromatic N) is 1. The molecule has 0 aromatic heterocycles. The third-order valence-electron chi connectivity index (χ3n) is 3.89. The van der Waals surface area contributed by atoms with E-state index in [9.17, 15) is 13.2 Å². The lowest BCUT2D eigenvalue weighted by Crippen LogP contribution is -2.41. The molecule has 1 aromatic rings. The molecule has 2 atom stereocenters. The molecule has 8 heteroatoms. The van der Waals surface area contributed by atoms with Crippen molar-refractivity contribution >= 4 is 15.9 Å². The summed E-state index contributed by atoms with van der Waals surface area (Å²) in [6.07, 6.45) is 0.691. The highest BCUT2D eigenvalue weighted by Crippen LogP contribution is 2.33. The molecule has 114 valence electrons. The Hall–Kier alpha value is -1.64. The fourth-order valence-electron chi connectivity index (χ4n) is 2.83. The molecule has 2 aliphatic rings. The first-order chi connectivity index (χ1) is 9.93. The number of amides is 1. The number of morpholine rings is 1. The highest BCUT2D eigenvalue weighted by molar-refractivity contribution is 7.89. The molecule has 0 radical (unpaired) electrons. The topological polar surface area (TPSA) is 98.9 Å². The maximum absolute atomic E-state index is 12.7. The number of hydrogen-bond acceptors (Lipinski definition) is 5. The fraction of sp³-hybridized carbons (Fsp3) is 0.462. The zero-order valence-electron chi connectivity index (χ0n) is 11.5. The van der Waals surface area contributed by atoms with E-state index in [1.54, 1.807) is 0 Å². The predicted molar refractivity (Wildman–Crippen MR) is 73.5 cm³/mol. The molecule has 7 nitrogen and oxygen atoms in total. The largest absolute Gasteiger partial charge is 0.496 e. The van der Waals surface area contributed by atoms with Gasteiger partial charge >= 0.3 is 0 Å². The van der Waals surface area contributed by atoms with Crippen LogP contribution >= 0.6 is 0 Å². The van der Waals surface area contributed by atoms with Crippen LogP contribution in [0.15, 0.2) is 23.1 Å². The highest BCUT2D eigenvalue weighted by atomic mass is 32.2. The lowest BCUT2D eigenvalue weighted by Gasteiger charge is -2.26. The van der Waals surface area contributed by atoms with Gasteiger partial charge in [-0.05, 0) is 24.6 Å². The van der Waals surface area contributed by atoms with E-state index in [2.05, 4.69) is 0 Å². The van der Waals surface area contributed by atoms with Crippen molar-refractivity contribution in [3.63, 3.8) is 0 Å². The van der Waals surface area contributed by atoms with Gasteiger partial charge in [0.2, 0.25) is 10.0 Å². The zero-order valence-corrected chi connectivity index (χ0v) is 12.3. The Bertz CT molecular complexity index is 688. The van der Waals surface area contributed by atoms with Crippen LogP contribution in [-0.2, 0) is 14.8 Å². The second-order valence-electron chi connectivity index (χ2n) is 5.15. The summed E-state index contributed by atoms with van der Waals surface area (Å²) in [5, 5.41) is 0. The van der Waals surface area contributed by atoms with Crippen molar-refractivity contribution in [2.24, 2.45) is 5.73 Å². The van der Waals surface area contributed by atoms with Crippen LogP contribution in [0.5, 0.6) is 5.75 Å². The summed E-state index contributed by atoms with van der Waals surface area (Å²) < 4.78 is 37.2. The molecular formula is C13H16N2O5S. The van der Waals surface area contributed by atoms with Gasteiger partial charge in [-0.25, -0.2) is 8.42 Å². The van der Waals surface area contributed by atoms with Crippen LogP contribution in [0.3, 0.4) is 0 Å². The Labute approximate surface area is 122 Å². The molecule has 3 rings (SSSR count). The number of primary amides is 1. The second-order valence-corrected chi connectivity index (χ2v) is 7.04. The Morgan fingerprint density at radius 1 is 1.48 bits per heavy atom. The first-order valence-corrected chi connectivity index (χ1v) is 7.99. The lowest BCUT2D eigenvalue weighted by molar-refractivity contribution is 0.0608. The zero-order chi connectivity index (χ0) is 15.2. The summed E-state index contributed by atoms with van der Waals surface area (Å²) >= 11 is 0. The van der Waals surface area contributed by atoms with Crippen LogP contribution in [-0.4, -0.2) is 51.0 Å². The third-order valence-corrected chi connectivity index (χ3v) is 5.81. The van der Waals surface area contributed by atoms with Gasteiger partial charge < -0.3 is 15.2 Å². The summed E-state index contributed by atoms with van der Waals surface area (Å²) in [7, 11) is -2.27.